The van der Waals surface area contributed by atoms with E-state index in [4.69, 9.17) is 16.3 Å². The molecule has 1 aliphatic heterocycles. The summed E-state index contributed by atoms with van der Waals surface area (Å²) in [5.74, 6) is 0.847. The van der Waals surface area contributed by atoms with Gasteiger partial charge in [-0.25, -0.2) is 0 Å². The van der Waals surface area contributed by atoms with E-state index in [2.05, 4.69) is 12.2 Å². The van der Waals surface area contributed by atoms with Crippen LogP contribution in [0.1, 0.15) is 39.5 Å². The smallest absolute Gasteiger partial charge is 0.226 e. The van der Waals surface area contributed by atoms with Crippen LogP contribution in [0.3, 0.4) is 0 Å². The third-order valence-corrected chi connectivity index (χ3v) is 3.38. The summed E-state index contributed by atoms with van der Waals surface area (Å²) in [7, 11) is 0. The Hall–Kier alpha value is -0.280. The zero-order chi connectivity index (χ0) is 12.0. The number of amides is 1. The van der Waals surface area contributed by atoms with Gasteiger partial charge in [0.15, 0.2) is 0 Å². The van der Waals surface area contributed by atoms with Crippen LogP contribution in [0.15, 0.2) is 0 Å². The van der Waals surface area contributed by atoms with Gasteiger partial charge in [-0.05, 0) is 32.6 Å². The quantitative estimate of drug-likeness (QED) is 0.732. The van der Waals surface area contributed by atoms with Crippen LogP contribution >= 0.6 is 11.6 Å². The van der Waals surface area contributed by atoms with Crippen molar-refractivity contribution < 1.29 is 9.53 Å². The van der Waals surface area contributed by atoms with Gasteiger partial charge in [-0.15, -0.1) is 11.6 Å². The molecule has 1 aliphatic rings. The van der Waals surface area contributed by atoms with Crippen LogP contribution < -0.4 is 5.32 Å². The molecular weight excluding hydrogens is 226 g/mol. The van der Waals surface area contributed by atoms with E-state index in [0.717, 1.165) is 25.7 Å². The van der Waals surface area contributed by atoms with Gasteiger partial charge in [0, 0.05) is 18.5 Å². The Balaban J connectivity index is 2.33. The van der Waals surface area contributed by atoms with Gasteiger partial charge in [0.25, 0.3) is 0 Å². The minimum atomic E-state index is 0.0449. The van der Waals surface area contributed by atoms with Crippen molar-refractivity contribution >= 4 is 17.5 Å². The second-order valence-corrected chi connectivity index (χ2v) is 4.83. The summed E-state index contributed by atoms with van der Waals surface area (Å²) in [6, 6.07) is 0.212. The van der Waals surface area contributed by atoms with E-state index in [-0.39, 0.29) is 24.0 Å². The first-order valence-corrected chi connectivity index (χ1v) is 6.70. The van der Waals surface area contributed by atoms with Crippen LogP contribution in [0, 0.1) is 5.92 Å². The molecule has 1 heterocycles. The van der Waals surface area contributed by atoms with E-state index in [0.29, 0.717) is 12.5 Å². The van der Waals surface area contributed by atoms with Crippen LogP contribution in [0.25, 0.3) is 0 Å². The van der Waals surface area contributed by atoms with Crippen molar-refractivity contribution in [3.05, 3.63) is 0 Å². The lowest BCUT2D eigenvalue weighted by molar-refractivity contribution is -0.127. The lowest BCUT2D eigenvalue weighted by Crippen LogP contribution is -2.40. The topological polar surface area (TPSA) is 38.3 Å². The SMILES string of the molecule is CCC1OCCC1C(=O)NC(C)CCCCl. The molecule has 0 spiro atoms. The molecule has 3 unspecified atom stereocenters. The standard InChI is InChI=1S/C12H22ClNO2/c1-3-11-10(6-8-16-11)12(15)14-9(2)5-4-7-13/h9-11H,3-8H2,1-2H3,(H,14,15). The van der Waals surface area contributed by atoms with E-state index < -0.39 is 0 Å². The summed E-state index contributed by atoms with van der Waals surface area (Å²) in [5.41, 5.74) is 0. The van der Waals surface area contributed by atoms with Crippen LogP contribution in [0.4, 0.5) is 0 Å². The molecule has 3 nitrogen and oxygen atoms in total. The van der Waals surface area contributed by atoms with E-state index in [1.165, 1.54) is 0 Å². The second kappa shape index (κ2) is 7.13. The van der Waals surface area contributed by atoms with Gasteiger partial charge in [0.1, 0.15) is 0 Å². The van der Waals surface area contributed by atoms with Crippen molar-refractivity contribution in [1.82, 2.24) is 5.32 Å². The largest absolute Gasteiger partial charge is 0.377 e. The summed E-state index contributed by atoms with van der Waals surface area (Å²) < 4.78 is 5.52. The van der Waals surface area contributed by atoms with Crippen LogP contribution in [0.5, 0.6) is 0 Å². The van der Waals surface area contributed by atoms with E-state index >= 15 is 0 Å². The van der Waals surface area contributed by atoms with Gasteiger partial charge in [-0.3, -0.25) is 4.79 Å². The van der Waals surface area contributed by atoms with E-state index in [1.807, 2.05) is 6.92 Å². The number of hydrogen-bond donors (Lipinski definition) is 1. The molecule has 1 fully saturated rings. The van der Waals surface area contributed by atoms with Crippen molar-refractivity contribution in [2.45, 2.75) is 51.7 Å². The molecule has 0 saturated carbocycles. The van der Waals surface area contributed by atoms with Crippen molar-refractivity contribution in [1.29, 1.82) is 0 Å². The fourth-order valence-corrected chi connectivity index (χ4v) is 2.31. The zero-order valence-electron chi connectivity index (χ0n) is 10.2. The predicted molar refractivity (Wildman–Crippen MR) is 65.7 cm³/mol. The van der Waals surface area contributed by atoms with Gasteiger partial charge < -0.3 is 10.1 Å². The van der Waals surface area contributed by atoms with Crippen molar-refractivity contribution in [3.63, 3.8) is 0 Å². The van der Waals surface area contributed by atoms with Crippen molar-refractivity contribution in [2.24, 2.45) is 5.92 Å². The molecule has 0 aliphatic carbocycles. The fraction of sp³-hybridized carbons (Fsp3) is 0.917. The number of nitrogens with one attached hydrogen (secondary N) is 1. The summed E-state index contributed by atoms with van der Waals surface area (Å²) in [5, 5.41) is 3.04. The van der Waals surface area contributed by atoms with E-state index in [9.17, 15) is 4.79 Å². The normalized spacial score (nSPS) is 26.7. The summed E-state index contributed by atoms with van der Waals surface area (Å²) in [4.78, 5) is 12.0. The van der Waals surface area contributed by atoms with E-state index in [1.54, 1.807) is 0 Å². The average Bonchev–Trinajstić information content (AvgIpc) is 2.74. The third-order valence-electron chi connectivity index (χ3n) is 3.11. The molecule has 0 bridgehead atoms. The lowest BCUT2D eigenvalue weighted by atomic mass is 9.98. The van der Waals surface area contributed by atoms with Gasteiger partial charge >= 0.3 is 0 Å². The maximum atomic E-state index is 12.0. The number of halogens is 1. The zero-order valence-corrected chi connectivity index (χ0v) is 10.9. The molecule has 0 aromatic carbocycles. The second-order valence-electron chi connectivity index (χ2n) is 4.45. The monoisotopic (exact) mass is 247 g/mol. The van der Waals surface area contributed by atoms with Crippen LogP contribution in [0.2, 0.25) is 0 Å². The Kier molecular flexibility index (Phi) is 6.14. The highest BCUT2D eigenvalue weighted by molar-refractivity contribution is 6.17. The molecule has 3 atom stereocenters. The maximum absolute atomic E-state index is 12.0. The highest BCUT2D eigenvalue weighted by atomic mass is 35.5. The number of carbonyl (C=O) groups is 1. The molecule has 0 aromatic heterocycles. The Morgan fingerprint density at radius 2 is 2.38 bits per heavy atom. The summed E-state index contributed by atoms with van der Waals surface area (Å²) >= 11 is 5.62. The fourth-order valence-electron chi connectivity index (χ4n) is 2.16. The summed E-state index contributed by atoms with van der Waals surface area (Å²) in [6.07, 6.45) is 3.77. The summed E-state index contributed by atoms with van der Waals surface area (Å²) in [6.45, 7) is 4.81. The van der Waals surface area contributed by atoms with Crippen LogP contribution in [-0.4, -0.2) is 30.5 Å². The van der Waals surface area contributed by atoms with Gasteiger partial charge in [-0.2, -0.15) is 0 Å². The van der Waals surface area contributed by atoms with Crippen molar-refractivity contribution in [2.75, 3.05) is 12.5 Å². The first kappa shape index (κ1) is 13.8. The Morgan fingerprint density at radius 1 is 1.62 bits per heavy atom. The van der Waals surface area contributed by atoms with Crippen LogP contribution in [-0.2, 0) is 9.53 Å². The molecule has 1 rings (SSSR count). The number of alkyl halides is 1. The first-order valence-electron chi connectivity index (χ1n) is 6.17. The highest BCUT2D eigenvalue weighted by Crippen LogP contribution is 2.23. The molecule has 94 valence electrons. The minimum absolute atomic E-state index is 0.0449. The Labute approximate surface area is 103 Å². The third kappa shape index (κ3) is 3.95. The van der Waals surface area contributed by atoms with Gasteiger partial charge in [0.05, 0.1) is 12.0 Å². The van der Waals surface area contributed by atoms with Gasteiger partial charge in [-0.1, -0.05) is 6.92 Å². The molecule has 1 saturated heterocycles. The lowest BCUT2D eigenvalue weighted by Gasteiger charge is -2.19. The number of rotatable bonds is 6. The highest BCUT2D eigenvalue weighted by Gasteiger charge is 2.32. The van der Waals surface area contributed by atoms with Crippen molar-refractivity contribution in [3.8, 4) is 0 Å². The molecule has 1 N–H and O–H groups in total. The molecule has 0 aromatic rings. The molecular formula is C12H22ClNO2. The predicted octanol–water partition coefficient (Wildman–Crippen LogP) is 2.33. The molecule has 4 heteroatoms. The minimum Gasteiger partial charge on any atom is -0.377 e. The average molecular weight is 248 g/mol. The number of hydrogen-bond acceptors (Lipinski definition) is 2. The Morgan fingerprint density at radius 3 is 3.00 bits per heavy atom. The maximum Gasteiger partial charge on any atom is 0.226 e. The first-order chi connectivity index (χ1) is 7.69. The van der Waals surface area contributed by atoms with Gasteiger partial charge in [0.2, 0.25) is 5.91 Å². The number of carbonyl (C=O) groups excluding carboxylic acids is 1. The Bertz CT molecular complexity index is 223. The molecule has 1 amide bonds. The molecule has 16 heavy (non-hydrogen) atoms. The number of ether oxygens (including phenoxy) is 1. The molecule has 0 radical (unpaired) electrons.